The van der Waals surface area contributed by atoms with Gasteiger partial charge in [-0.3, -0.25) is 4.98 Å². The Morgan fingerprint density at radius 1 is 1.37 bits per heavy atom. The highest BCUT2D eigenvalue weighted by atomic mass is 16.5. The minimum Gasteiger partial charge on any atom is -0.492 e. The SMILES string of the molecule is OCC(COc1ccc2cccnc2c1)NC1CC1. The summed E-state index contributed by atoms with van der Waals surface area (Å²) < 4.78 is 5.73. The van der Waals surface area contributed by atoms with E-state index in [1.807, 2.05) is 30.3 Å². The van der Waals surface area contributed by atoms with Crippen LogP contribution in [0.15, 0.2) is 36.5 Å². The number of nitrogens with zero attached hydrogens (tertiary/aromatic N) is 1. The lowest BCUT2D eigenvalue weighted by atomic mass is 10.2. The van der Waals surface area contributed by atoms with Crippen LogP contribution in [-0.4, -0.2) is 35.4 Å². The molecule has 19 heavy (non-hydrogen) atoms. The molecule has 1 saturated carbocycles. The third-order valence-electron chi connectivity index (χ3n) is 3.30. The van der Waals surface area contributed by atoms with Gasteiger partial charge in [0.25, 0.3) is 0 Å². The molecular formula is C15H18N2O2. The second kappa shape index (κ2) is 5.55. The number of nitrogens with one attached hydrogen (secondary N) is 1. The average molecular weight is 258 g/mol. The fourth-order valence-corrected chi connectivity index (χ4v) is 2.07. The first kappa shape index (κ1) is 12.4. The van der Waals surface area contributed by atoms with E-state index in [4.69, 9.17) is 4.74 Å². The molecule has 100 valence electrons. The van der Waals surface area contributed by atoms with Crippen molar-refractivity contribution >= 4 is 10.9 Å². The molecule has 4 heteroatoms. The van der Waals surface area contributed by atoms with Crippen LogP contribution < -0.4 is 10.1 Å². The summed E-state index contributed by atoms with van der Waals surface area (Å²) in [6.45, 7) is 0.577. The lowest BCUT2D eigenvalue weighted by Gasteiger charge is -2.16. The van der Waals surface area contributed by atoms with Crippen molar-refractivity contribution in [3.8, 4) is 5.75 Å². The molecule has 0 radical (unpaired) electrons. The molecule has 1 unspecified atom stereocenters. The molecule has 0 spiro atoms. The highest BCUT2D eigenvalue weighted by Crippen LogP contribution is 2.21. The third-order valence-corrected chi connectivity index (χ3v) is 3.30. The molecule has 0 aliphatic heterocycles. The van der Waals surface area contributed by atoms with Crippen LogP contribution in [0.3, 0.4) is 0 Å². The van der Waals surface area contributed by atoms with Gasteiger partial charge in [-0.2, -0.15) is 0 Å². The molecule has 1 aromatic heterocycles. The quantitative estimate of drug-likeness (QED) is 0.828. The van der Waals surface area contributed by atoms with Crippen LogP contribution in [0, 0.1) is 0 Å². The van der Waals surface area contributed by atoms with Gasteiger partial charge >= 0.3 is 0 Å². The first-order valence-corrected chi connectivity index (χ1v) is 6.69. The summed E-state index contributed by atoms with van der Waals surface area (Å²) in [7, 11) is 0. The molecule has 1 aromatic carbocycles. The summed E-state index contributed by atoms with van der Waals surface area (Å²) in [6.07, 6.45) is 4.18. The zero-order valence-corrected chi connectivity index (χ0v) is 10.7. The number of pyridine rings is 1. The van der Waals surface area contributed by atoms with Gasteiger partial charge in [-0.15, -0.1) is 0 Å². The molecular weight excluding hydrogens is 240 g/mol. The number of hydrogen-bond acceptors (Lipinski definition) is 4. The number of aromatic nitrogens is 1. The fraction of sp³-hybridized carbons (Fsp3) is 0.400. The topological polar surface area (TPSA) is 54.4 Å². The maximum Gasteiger partial charge on any atom is 0.121 e. The Bertz CT molecular complexity index is 555. The molecule has 1 aliphatic rings. The number of benzene rings is 1. The van der Waals surface area contributed by atoms with Gasteiger partial charge in [0.15, 0.2) is 0 Å². The highest BCUT2D eigenvalue weighted by Gasteiger charge is 2.24. The minimum absolute atomic E-state index is 0.00642. The Hall–Kier alpha value is -1.65. The Morgan fingerprint density at radius 3 is 3.05 bits per heavy atom. The highest BCUT2D eigenvalue weighted by molar-refractivity contribution is 5.79. The van der Waals surface area contributed by atoms with Crippen molar-refractivity contribution < 1.29 is 9.84 Å². The van der Waals surface area contributed by atoms with Crippen molar-refractivity contribution in [2.24, 2.45) is 0 Å². The van der Waals surface area contributed by atoms with Gasteiger partial charge in [0, 0.05) is 23.7 Å². The lowest BCUT2D eigenvalue weighted by molar-refractivity contribution is 0.182. The van der Waals surface area contributed by atoms with Gasteiger partial charge in [-0.1, -0.05) is 6.07 Å². The predicted molar refractivity (Wildman–Crippen MR) is 74.3 cm³/mol. The molecule has 2 N–H and O–H groups in total. The van der Waals surface area contributed by atoms with Crippen LogP contribution in [0.1, 0.15) is 12.8 Å². The zero-order valence-electron chi connectivity index (χ0n) is 10.7. The van der Waals surface area contributed by atoms with Crippen molar-refractivity contribution in [1.29, 1.82) is 0 Å². The number of fused-ring (bicyclic) bond motifs is 1. The van der Waals surface area contributed by atoms with E-state index in [-0.39, 0.29) is 12.6 Å². The van der Waals surface area contributed by atoms with E-state index in [1.54, 1.807) is 6.20 Å². The third kappa shape index (κ3) is 3.22. The first-order valence-electron chi connectivity index (χ1n) is 6.69. The Labute approximate surface area is 112 Å². The molecule has 0 amide bonds. The van der Waals surface area contributed by atoms with Crippen molar-refractivity contribution in [1.82, 2.24) is 10.3 Å². The van der Waals surface area contributed by atoms with Crippen molar-refractivity contribution in [3.05, 3.63) is 36.5 Å². The van der Waals surface area contributed by atoms with Gasteiger partial charge in [-0.05, 0) is 31.0 Å². The van der Waals surface area contributed by atoms with Crippen molar-refractivity contribution in [2.75, 3.05) is 13.2 Å². The second-order valence-electron chi connectivity index (χ2n) is 4.99. The Kier molecular flexibility index (Phi) is 3.62. The van der Waals surface area contributed by atoms with Crippen LogP contribution in [0.2, 0.25) is 0 Å². The van der Waals surface area contributed by atoms with E-state index < -0.39 is 0 Å². The molecule has 0 saturated heterocycles. The summed E-state index contributed by atoms with van der Waals surface area (Å²) in [6, 6.07) is 10.4. The zero-order chi connectivity index (χ0) is 13.1. The number of aliphatic hydroxyl groups excluding tert-OH is 1. The molecule has 1 atom stereocenters. The van der Waals surface area contributed by atoms with E-state index in [0.717, 1.165) is 16.7 Å². The average Bonchev–Trinajstić information content (AvgIpc) is 3.27. The largest absolute Gasteiger partial charge is 0.492 e. The van der Waals surface area contributed by atoms with Gasteiger partial charge in [0.2, 0.25) is 0 Å². The van der Waals surface area contributed by atoms with Gasteiger partial charge < -0.3 is 15.2 Å². The molecule has 4 nitrogen and oxygen atoms in total. The first-order chi connectivity index (χ1) is 9.35. The summed E-state index contributed by atoms with van der Waals surface area (Å²) in [5.74, 6) is 0.794. The van der Waals surface area contributed by atoms with Gasteiger partial charge in [0.05, 0.1) is 18.2 Å². The monoisotopic (exact) mass is 258 g/mol. The number of aliphatic hydroxyl groups is 1. The van der Waals surface area contributed by atoms with E-state index in [2.05, 4.69) is 10.3 Å². The van der Waals surface area contributed by atoms with Gasteiger partial charge in [0.1, 0.15) is 12.4 Å². The van der Waals surface area contributed by atoms with Gasteiger partial charge in [-0.25, -0.2) is 0 Å². The second-order valence-corrected chi connectivity index (χ2v) is 4.99. The molecule has 1 fully saturated rings. The predicted octanol–water partition coefficient (Wildman–Crippen LogP) is 1.73. The minimum atomic E-state index is 0.00642. The van der Waals surface area contributed by atoms with E-state index >= 15 is 0 Å². The van der Waals surface area contributed by atoms with Crippen molar-refractivity contribution in [2.45, 2.75) is 24.9 Å². The van der Waals surface area contributed by atoms with Crippen molar-refractivity contribution in [3.63, 3.8) is 0 Å². The standard InChI is InChI=1S/C15H18N2O2/c18-9-13(17-12-4-5-12)10-19-14-6-3-11-2-1-7-16-15(11)8-14/h1-3,6-8,12-13,17-18H,4-5,9-10H2. The van der Waals surface area contributed by atoms with E-state index in [9.17, 15) is 5.11 Å². The summed E-state index contributed by atoms with van der Waals surface area (Å²) in [4.78, 5) is 4.30. The van der Waals surface area contributed by atoms with Crippen LogP contribution in [0.5, 0.6) is 5.75 Å². The molecule has 3 rings (SSSR count). The molecule has 0 bridgehead atoms. The smallest absolute Gasteiger partial charge is 0.121 e. The number of rotatable bonds is 6. The summed E-state index contributed by atoms with van der Waals surface area (Å²) >= 11 is 0. The van der Waals surface area contributed by atoms with Crippen LogP contribution >= 0.6 is 0 Å². The summed E-state index contributed by atoms with van der Waals surface area (Å²) in [5, 5.41) is 13.8. The van der Waals surface area contributed by atoms with E-state index in [1.165, 1.54) is 12.8 Å². The molecule has 2 aromatic rings. The number of ether oxygens (including phenoxy) is 1. The number of hydrogen-bond donors (Lipinski definition) is 2. The lowest BCUT2D eigenvalue weighted by Crippen LogP contribution is -2.39. The van der Waals surface area contributed by atoms with Crippen LogP contribution in [0.4, 0.5) is 0 Å². The van der Waals surface area contributed by atoms with E-state index in [0.29, 0.717) is 12.6 Å². The maximum absolute atomic E-state index is 9.30. The Morgan fingerprint density at radius 2 is 2.26 bits per heavy atom. The Balaban J connectivity index is 1.63. The normalized spacial score (nSPS) is 16.5. The molecule has 1 aliphatic carbocycles. The fourth-order valence-electron chi connectivity index (χ4n) is 2.07. The molecule has 1 heterocycles. The van der Waals surface area contributed by atoms with Crippen LogP contribution in [0.25, 0.3) is 10.9 Å². The van der Waals surface area contributed by atoms with Crippen LogP contribution in [-0.2, 0) is 0 Å². The summed E-state index contributed by atoms with van der Waals surface area (Å²) in [5.41, 5.74) is 0.927. The maximum atomic E-state index is 9.30.